The monoisotopic (exact) mass is 436 g/mol. The highest BCUT2D eigenvalue weighted by atomic mass is 127. The van der Waals surface area contributed by atoms with Crippen LogP contribution in [0.1, 0.15) is 19.4 Å². The Bertz CT molecular complexity index is 1080. The van der Waals surface area contributed by atoms with Gasteiger partial charge in [-0.05, 0) is 44.2 Å². The smallest absolute Gasteiger partial charge is 0.204 e. The van der Waals surface area contributed by atoms with Crippen molar-refractivity contribution in [1.29, 1.82) is 0 Å². The molecule has 3 aromatic rings. The van der Waals surface area contributed by atoms with Crippen LogP contribution in [0.5, 0.6) is 17.2 Å². The van der Waals surface area contributed by atoms with Gasteiger partial charge in [-0.3, -0.25) is 4.79 Å². The third-order valence-corrected chi connectivity index (χ3v) is 4.47. The molecule has 0 radical (unpaired) electrons. The Labute approximate surface area is 151 Å². The average molecular weight is 436 g/mol. The molecule has 1 aliphatic heterocycles. The predicted molar refractivity (Wildman–Crippen MR) is 100 cm³/mol. The van der Waals surface area contributed by atoms with Crippen molar-refractivity contribution in [3.05, 3.63) is 46.1 Å². The van der Waals surface area contributed by atoms with Crippen LogP contribution >= 0.6 is 23.0 Å². The van der Waals surface area contributed by atoms with Crippen LogP contribution in [0.2, 0.25) is 0 Å². The van der Waals surface area contributed by atoms with Gasteiger partial charge in [0.25, 0.3) is 0 Å². The van der Waals surface area contributed by atoms with E-state index in [1.165, 1.54) is 12.1 Å². The second kappa shape index (κ2) is 5.14. The molecule has 5 nitrogen and oxygen atoms in total. The van der Waals surface area contributed by atoms with Gasteiger partial charge in [0.05, 0.1) is 10.9 Å². The van der Waals surface area contributed by atoms with Crippen molar-refractivity contribution in [1.82, 2.24) is 0 Å². The van der Waals surface area contributed by atoms with Crippen LogP contribution in [0.4, 0.5) is 0 Å². The van der Waals surface area contributed by atoms with Crippen LogP contribution in [0.3, 0.4) is 0 Å². The molecule has 24 heavy (non-hydrogen) atoms. The molecule has 0 unspecified atom stereocenters. The van der Waals surface area contributed by atoms with E-state index >= 15 is 0 Å². The van der Waals surface area contributed by atoms with Crippen molar-refractivity contribution in [2.24, 2.45) is 0 Å². The molecule has 0 saturated carbocycles. The standard InChI is InChI=1S/C18H13IO5/c1-18(2)6-5-10-13(23-18)8-14(24-19)15-16(21)11-7-9(20)3-4-12(11)22-17(10)15/h3-8,20H,1-2H3. The zero-order valence-corrected chi connectivity index (χ0v) is 15.1. The summed E-state index contributed by atoms with van der Waals surface area (Å²) < 4.78 is 17.3. The summed E-state index contributed by atoms with van der Waals surface area (Å²) in [6.07, 6.45) is 3.81. The van der Waals surface area contributed by atoms with Crippen molar-refractivity contribution < 1.29 is 17.3 Å². The van der Waals surface area contributed by atoms with E-state index in [0.717, 1.165) is 0 Å². The summed E-state index contributed by atoms with van der Waals surface area (Å²) in [6, 6.07) is 6.15. The van der Waals surface area contributed by atoms with Gasteiger partial charge < -0.3 is 17.3 Å². The molecule has 2 aromatic carbocycles. The van der Waals surface area contributed by atoms with Gasteiger partial charge >= 0.3 is 0 Å². The maximum Gasteiger partial charge on any atom is 0.204 e. The van der Waals surface area contributed by atoms with E-state index < -0.39 is 5.60 Å². The number of hydrogen-bond donors (Lipinski definition) is 1. The van der Waals surface area contributed by atoms with Crippen LogP contribution in [-0.2, 0) is 0 Å². The fourth-order valence-electron chi connectivity index (χ4n) is 2.88. The molecule has 1 N–H and O–H groups in total. The summed E-state index contributed by atoms with van der Waals surface area (Å²) in [4.78, 5) is 12.9. The molecule has 0 spiro atoms. The Hall–Kier alpha value is -2.22. The first-order chi connectivity index (χ1) is 11.4. The SMILES string of the molecule is CC1(C)C=Cc2c(cc(OI)c3c(=O)c4cc(O)ccc4oc23)O1. The van der Waals surface area contributed by atoms with Gasteiger partial charge in [0.15, 0.2) is 34.3 Å². The molecular weight excluding hydrogens is 423 g/mol. The lowest BCUT2D eigenvalue weighted by Crippen LogP contribution is -2.27. The molecule has 1 aromatic heterocycles. The van der Waals surface area contributed by atoms with Crippen LogP contribution in [0.25, 0.3) is 28.0 Å². The van der Waals surface area contributed by atoms with Crippen molar-refractivity contribution in [3.63, 3.8) is 0 Å². The number of halogens is 1. The summed E-state index contributed by atoms with van der Waals surface area (Å²) in [5.41, 5.74) is 0.806. The predicted octanol–water partition coefficient (Wildman–Crippen LogP) is 4.56. The van der Waals surface area contributed by atoms with Gasteiger partial charge in [-0.2, -0.15) is 0 Å². The minimum absolute atomic E-state index is 0.00836. The third-order valence-electron chi connectivity index (χ3n) is 4.00. The summed E-state index contributed by atoms with van der Waals surface area (Å²) in [5, 5.41) is 10.3. The molecule has 4 rings (SSSR count). The third kappa shape index (κ3) is 2.24. The maximum absolute atomic E-state index is 12.9. The normalized spacial score (nSPS) is 15.3. The largest absolute Gasteiger partial charge is 0.508 e. The topological polar surface area (TPSA) is 68.9 Å². The highest BCUT2D eigenvalue weighted by Crippen LogP contribution is 2.41. The highest BCUT2D eigenvalue weighted by molar-refractivity contribution is 14.1. The lowest BCUT2D eigenvalue weighted by atomic mass is 9.99. The number of phenols is 1. The summed E-state index contributed by atoms with van der Waals surface area (Å²) >= 11 is 1.73. The van der Waals surface area contributed by atoms with Crippen molar-refractivity contribution in [2.45, 2.75) is 19.4 Å². The lowest BCUT2D eigenvalue weighted by molar-refractivity contribution is 0.159. The number of hydrogen-bond acceptors (Lipinski definition) is 5. The van der Waals surface area contributed by atoms with E-state index in [2.05, 4.69) is 0 Å². The van der Waals surface area contributed by atoms with Gasteiger partial charge in [0.2, 0.25) is 5.43 Å². The number of benzene rings is 2. The molecule has 0 saturated heterocycles. The zero-order valence-electron chi connectivity index (χ0n) is 12.9. The molecule has 0 aliphatic carbocycles. The summed E-state index contributed by atoms with van der Waals surface area (Å²) in [7, 11) is 0. The second-order valence-electron chi connectivity index (χ2n) is 6.22. The van der Waals surface area contributed by atoms with E-state index in [0.29, 0.717) is 39.0 Å². The van der Waals surface area contributed by atoms with Gasteiger partial charge in [0.1, 0.15) is 28.1 Å². The molecule has 0 amide bonds. The van der Waals surface area contributed by atoms with Crippen molar-refractivity contribution in [3.8, 4) is 17.2 Å². The summed E-state index contributed by atoms with van der Waals surface area (Å²) in [5.74, 6) is 0.978. The van der Waals surface area contributed by atoms with E-state index in [1.54, 1.807) is 35.1 Å². The van der Waals surface area contributed by atoms with E-state index in [4.69, 9.17) is 12.2 Å². The molecule has 1 aliphatic rings. The van der Waals surface area contributed by atoms with Crippen molar-refractivity contribution in [2.75, 3.05) is 0 Å². The first kappa shape index (κ1) is 15.3. The first-order valence-electron chi connectivity index (χ1n) is 7.33. The molecule has 0 fully saturated rings. The van der Waals surface area contributed by atoms with Gasteiger partial charge in [-0.1, -0.05) is 0 Å². The minimum Gasteiger partial charge on any atom is -0.508 e. The lowest BCUT2D eigenvalue weighted by Gasteiger charge is -2.28. The Kier molecular flexibility index (Phi) is 3.28. The van der Waals surface area contributed by atoms with Crippen LogP contribution in [0, 0.1) is 0 Å². The molecular formula is C18H13IO5. The van der Waals surface area contributed by atoms with E-state index in [-0.39, 0.29) is 11.2 Å². The van der Waals surface area contributed by atoms with Crippen LogP contribution in [-0.4, -0.2) is 10.7 Å². The number of ether oxygens (including phenoxy) is 1. The first-order valence-corrected chi connectivity index (χ1v) is 8.21. The Morgan fingerprint density at radius 3 is 2.79 bits per heavy atom. The quantitative estimate of drug-likeness (QED) is 0.448. The number of rotatable bonds is 1. The Morgan fingerprint density at radius 2 is 2.04 bits per heavy atom. The fraction of sp³-hybridized carbons (Fsp3) is 0.167. The second-order valence-corrected chi connectivity index (χ2v) is 6.66. The Balaban J connectivity index is 2.19. The summed E-state index contributed by atoms with van der Waals surface area (Å²) in [6.45, 7) is 3.89. The zero-order chi connectivity index (χ0) is 17.1. The molecule has 0 bridgehead atoms. The average Bonchev–Trinajstić information content (AvgIpc) is 2.53. The van der Waals surface area contributed by atoms with Gasteiger partial charge in [0, 0.05) is 6.07 Å². The van der Waals surface area contributed by atoms with Gasteiger partial charge in [-0.25, -0.2) is 0 Å². The van der Waals surface area contributed by atoms with Crippen LogP contribution in [0.15, 0.2) is 39.6 Å². The number of aromatic hydroxyl groups is 1. The highest BCUT2D eigenvalue weighted by Gasteiger charge is 2.27. The molecule has 2 heterocycles. The molecule has 0 atom stereocenters. The fourth-order valence-corrected chi connectivity index (χ4v) is 3.23. The van der Waals surface area contributed by atoms with Crippen LogP contribution < -0.4 is 13.2 Å². The Morgan fingerprint density at radius 1 is 1.25 bits per heavy atom. The van der Waals surface area contributed by atoms with E-state index in [1.807, 2.05) is 26.0 Å². The number of fused-ring (bicyclic) bond motifs is 4. The molecule has 122 valence electrons. The molecule has 6 heteroatoms. The number of phenolic OH excluding ortho intramolecular Hbond substituents is 1. The van der Waals surface area contributed by atoms with E-state index in [9.17, 15) is 9.90 Å². The van der Waals surface area contributed by atoms with Gasteiger partial charge in [-0.15, -0.1) is 0 Å². The van der Waals surface area contributed by atoms with Crippen molar-refractivity contribution >= 4 is 51.0 Å². The maximum atomic E-state index is 12.9. The minimum atomic E-state index is -0.452.